The third-order valence-corrected chi connectivity index (χ3v) is 6.64. The average Bonchev–Trinajstić information content (AvgIpc) is 3.61. The van der Waals surface area contributed by atoms with Crippen LogP contribution in [0.4, 0.5) is 10.5 Å². The fourth-order valence-corrected chi connectivity index (χ4v) is 4.72. The van der Waals surface area contributed by atoms with E-state index in [1.165, 1.54) is 13.4 Å². The Hall–Kier alpha value is -4.22. The van der Waals surface area contributed by atoms with E-state index in [4.69, 9.17) is 9.72 Å². The fraction of sp³-hybridized carbons (Fsp3) is 0.417. The summed E-state index contributed by atoms with van der Waals surface area (Å²) in [6.07, 6.45) is 6.90. The molecule has 1 aliphatic rings. The highest BCUT2D eigenvalue weighted by Gasteiger charge is 2.31. The zero-order valence-electron chi connectivity index (χ0n) is 20.6. The van der Waals surface area contributed by atoms with E-state index in [9.17, 15) is 9.59 Å². The van der Waals surface area contributed by atoms with E-state index in [1.807, 2.05) is 40.6 Å². The smallest absolute Gasteiger partial charge is 0.414 e. The normalized spacial score (nSPS) is 15.2. The number of carbonyl (C=O) groups is 2. The maximum atomic E-state index is 13.0. The van der Waals surface area contributed by atoms with Gasteiger partial charge in [-0.2, -0.15) is 10.2 Å². The number of anilines is 1. The van der Waals surface area contributed by atoms with Crippen molar-refractivity contribution < 1.29 is 14.3 Å². The first kappa shape index (κ1) is 23.5. The lowest BCUT2D eigenvalue weighted by Crippen LogP contribution is -2.42. The van der Waals surface area contributed by atoms with Gasteiger partial charge in [-0.05, 0) is 38.0 Å². The highest BCUT2D eigenvalue weighted by molar-refractivity contribution is 5.95. The lowest BCUT2D eigenvalue weighted by molar-refractivity contribution is -0.121. The van der Waals surface area contributed by atoms with Crippen molar-refractivity contribution in [3.8, 4) is 0 Å². The molecule has 188 valence electrons. The molecule has 0 saturated heterocycles. The summed E-state index contributed by atoms with van der Waals surface area (Å²) in [6.45, 7) is 3.04. The topological polar surface area (TPSA) is 125 Å². The summed E-state index contributed by atoms with van der Waals surface area (Å²) in [6, 6.07) is 5.76. The number of rotatable bonds is 7. The van der Waals surface area contributed by atoms with Crippen LogP contribution in [0.5, 0.6) is 0 Å². The number of imidazole rings is 1. The minimum atomic E-state index is -0.385. The van der Waals surface area contributed by atoms with Gasteiger partial charge in [0.1, 0.15) is 24.5 Å². The van der Waals surface area contributed by atoms with Crippen LogP contribution in [0.3, 0.4) is 0 Å². The monoisotopic (exact) mass is 491 g/mol. The molecular formula is C24H29N9O3. The first-order chi connectivity index (χ1) is 17.5. The van der Waals surface area contributed by atoms with Gasteiger partial charge in [0, 0.05) is 44.0 Å². The molecule has 0 unspecified atom stereocenters. The summed E-state index contributed by atoms with van der Waals surface area (Å²) in [5.74, 6) is 1.30. The predicted molar refractivity (Wildman–Crippen MR) is 131 cm³/mol. The van der Waals surface area contributed by atoms with E-state index >= 15 is 0 Å². The maximum absolute atomic E-state index is 13.0. The van der Waals surface area contributed by atoms with Crippen molar-refractivity contribution in [2.75, 3.05) is 12.0 Å². The number of ether oxygens (including phenoxy) is 1. The van der Waals surface area contributed by atoms with Crippen molar-refractivity contribution in [2.45, 2.75) is 51.9 Å². The number of hydrogen-bond donors (Lipinski definition) is 1. The first-order valence-electron chi connectivity index (χ1n) is 11.9. The molecule has 3 aromatic heterocycles. The molecule has 0 saturated carbocycles. The van der Waals surface area contributed by atoms with Gasteiger partial charge in [0.15, 0.2) is 0 Å². The molecule has 2 amide bonds. The summed E-state index contributed by atoms with van der Waals surface area (Å²) in [5.41, 5.74) is 3.47. The molecule has 0 bridgehead atoms. The quantitative estimate of drug-likeness (QED) is 0.418. The third-order valence-electron chi connectivity index (χ3n) is 6.64. The number of benzene rings is 1. The Morgan fingerprint density at radius 1 is 1.22 bits per heavy atom. The number of methoxy groups -OCH3 is 1. The van der Waals surface area contributed by atoms with Crippen LogP contribution in [-0.2, 0) is 49.1 Å². The summed E-state index contributed by atoms with van der Waals surface area (Å²) in [7, 11) is 3.18. The zero-order chi connectivity index (χ0) is 25.2. The number of aromatic nitrogens is 7. The van der Waals surface area contributed by atoms with Crippen molar-refractivity contribution >= 4 is 28.7 Å². The number of fused-ring (bicyclic) bond motifs is 3. The molecule has 5 rings (SSSR count). The molecule has 0 spiro atoms. The van der Waals surface area contributed by atoms with Crippen LogP contribution in [0, 0.1) is 0 Å². The van der Waals surface area contributed by atoms with E-state index in [0.29, 0.717) is 18.8 Å². The van der Waals surface area contributed by atoms with E-state index < -0.39 is 0 Å². The molecule has 0 aliphatic carbocycles. The molecular weight excluding hydrogens is 462 g/mol. The second kappa shape index (κ2) is 9.80. The number of carbonyl (C=O) groups excluding carboxylic acids is 2. The molecule has 0 radical (unpaired) electrons. The van der Waals surface area contributed by atoms with Crippen LogP contribution in [0.25, 0.3) is 11.0 Å². The molecule has 1 aliphatic heterocycles. The van der Waals surface area contributed by atoms with Gasteiger partial charge in [-0.3, -0.25) is 19.1 Å². The largest absolute Gasteiger partial charge is 0.452 e. The Morgan fingerprint density at radius 2 is 2.08 bits per heavy atom. The molecule has 1 aromatic carbocycles. The van der Waals surface area contributed by atoms with Crippen molar-refractivity contribution in [2.24, 2.45) is 7.05 Å². The van der Waals surface area contributed by atoms with Crippen molar-refractivity contribution in [3.63, 3.8) is 0 Å². The highest BCUT2D eigenvalue weighted by atomic mass is 16.5. The lowest BCUT2D eigenvalue weighted by atomic mass is 9.96. The van der Waals surface area contributed by atoms with Crippen LogP contribution in [0.2, 0.25) is 0 Å². The van der Waals surface area contributed by atoms with Gasteiger partial charge < -0.3 is 14.6 Å². The third kappa shape index (κ3) is 4.41. The molecule has 0 fully saturated rings. The molecule has 12 nitrogen and oxygen atoms in total. The van der Waals surface area contributed by atoms with Gasteiger partial charge in [-0.15, -0.1) is 0 Å². The molecule has 4 aromatic rings. The van der Waals surface area contributed by atoms with Gasteiger partial charge in [-0.25, -0.2) is 14.8 Å². The van der Waals surface area contributed by atoms with Crippen molar-refractivity contribution in [1.29, 1.82) is 0 Å². The minimum Gasteiger partial charge on any atom is -0.452 e. The fourth-order valence-electron chi connectivity index (χ4n) is 4.72. The number of nitrogens with one attached hydrogen (secondary N) is 1. The Bertz CT molecular complexity index is 1390. The molecule has 1 N–H and O–H groups in total. The summed E-state index contributed by atoms with van der Waals surface area (Å²) < 4.78 is 10.5. The molecule has 36 heavy (non-hydrogen) atoms. The van der Waals surface area contributed by atoms with Crippen LogP contribution < -0.4 is 10.2 Å². The van der Waals surface area contributed by atoms with Gasteiger partial charge in [0.25, 0.3) is 0 Å². The summed E-state index contributed by atoms with van der Waals surface area (Å²) in [5, 5.41) is 11.3. The number of amides is 2. The number of aryl methyl sites for hydroxylation is 4. The van der Waals surface area contributed by atoms with Crippen LogP contribution >= 0.6 is 0 Å². The Morgan fingerprint density at radius 3 is 2.81 bits per heavy atom. The van der Waals surface area contributed by atoms with Gasteiger partial charge in [0.05, 0.1) is 30.4 Å². The van der Waals surface area contributed by atoms with E-state index in [-0.39, 0.29) is 31.1 Å². The van der Waals surface area contributed by atoms with Crippen LogP contribution in [-0.4, -0.2) is 59.2 Å². The zero-order valence-corrected chi connectivity index (χ0v) is 20.6. The summed E-state index contributed by atoms with van der Waals surface area (Å²) >= 11 is 0. The van der Waals surface area contributed by atoms with Crippen molar-refractivity contribution in [1.82, 2.24) is 39.4 Å². The van der Waals surface area contributed by atoms with Crippen LogP contribution in [0.1, 0.15) is 30.6 Å². The second-order valence-corrected chi connectivity index (χ2v) is 8.87. The van der Waals surface area contributed by atoms with E-state index in [0.717, 1.165) is 41.0 Å². The van der Waals surface area contributed by atoms with E-state index in [1.54, 1.807) is 22.8 Å². The molecule has 12 heteroatoms. The maximum Gasteiger partial charge on any atom is 0.414 e. The van der Waals surface area contributed by atoms with E-state index in [2.05, 4.69) is 20.5 Å². The van der Waals surface area contributed by atoms with Crippen molar-refractivity contribution in [3.05, 3.63) is 54.1 Å². The van der Waals surface area contributed by atoms with Crippen LogP contribution in [0.15, 0.2) is 36.9 Å². The number of nitrogens with zero attached hydrogens (tertiary/aromatic N) is 8. The summed E-state index contributed by atoms with van der Waals surface area (Å²) in [4.78, 5) is 36.3. The standard InChI is InChI=1S/C24H29N9O3/c1-16-5-6-17-18(33(16)24(35)36-3)7-8-19-23(17)29-20(9-12-31-11-4-10-27-31)32(19)14-22(34)25-13-21-26-15-28-30(21)2/h4,7-8,10-11,15-16H,5-6,9,12-14H2,1-3H3,(H,25,34)/t16-/m0/s1. The second-order valence-electron chi connectivity index (χ2n) is 8.87. The minimum absolute atomic E-state index is 0.0233. The Kier molecular flexibility index (Phi) is 6.40. The Labute approximate surface area is 207 Å². The SMILES string of the molecule is COC(=O)N1c2ccc3c(nc(CCn4cccn4)n3CC(=O)NCc3ncnn3C)c2CC[C@@H]1C. The Balaban J connectivity index is 1.49. The van der Waals surface area contributed by atoms with Gasteiger partial charge >= 0.3 is 6.09 Å². The lowest BCUT2D eigenvalue weighted by Gasteiger charge is -2.34. The molecule has 4 heterocycles. The number of hydrogen-bond acceptors (Lipinski definition) is 7. The molecule has 1 atom stereocenters. The highest BCUT2D eigenvalue weighted by Crippen LogP contribution is 2.36. The average molecular weight is 492 g/mol. The van der Waals surface area contributed by atoms with Gasteiger partial charge in [-0.1, -0.05) is 0 Å². The predicted octanol–water partition coefficient (Wildman–Crippen LogP) is 1.83. The van der Waals surface area contributed by atoms with Gasteiger partial charge in [0.2, 0.25) is 5.91 Å². The first-order valence-corrected chi connectivity index (χ1v) is 11.9.